The third-order valence-corrected chi connectivity index (χ3v) is 7.66. The molecule has 0 aromatic carbocycles. The van der Waals surface area contributed by atoms with Gasteiger partial charge in [0.15, 0.2) is 0 Å². The number of nitrogens with zero attached hydrogens (tertiary/aromatic N) is 1. The fourth-order valence-corrected chi connectivity index (χ4v) is 6.04. The van der Waals surface area contributed by atoms with Crippen LogP contribution >= 0.6 is 22.7 Å². The van der Waals surface area contributed by atoms with Crippen molar-refractivity contribution < 1.29 is 19.4 Å². The molecular formula is C18H19NO4S2. The summed E-state index contributed by atoms with van der Waals surface area (Å²) < 4.78 is 11.5. The molecule has 0 spiro atoms. The summed E-state index contributed by atoms with van der Waals surface area (Å²) in [6.45, 7) is 0. The standard InChI is InChI=1S/C18H19NO4S2/c1-19-11-8-10(9-12(19)16-15(11)23-16)22-17(20)18(21,13-4-2-6-24-13)14-5-3-7-25-14/h2-7,10-12,15-16,21H,8-9H2,1H3/t11-,12-,15-,16-/m0/s1. The zero-order valence-electron chi connectivity index (χ0n) is 13.7. The van der Waals surface area contributed by atoms with Crippen molar-refractivity contribution in [1.29, 1.82) is 0 Å². The van der Waals surface area contributed by atoms with Crippen LogP contribution in [0.4, 0.5) is 0 Å². The minimum absolute atomic E-state index is 0.165. The van der Waals surface area contributed by atoms with E-state index >= 15 is 0 Å². The molecule has 3 fully saturated rings. The molecular weight excluding hydrogens is 358 g/mol. The lowest BCUT2D eigenvalue weighted by Crippen LogP contribution is -2.49. The minimum atomic E-state index is -1.72. The normalized spacial score (nSPS) is 33.9. The van der Waals surface area contributed by atoms with Crippen LogP contribution in [0.3, 0.4) is 0 Å². The second-order valence-corrected chi connectivity index (χ2v) is 8.92. The van der Waals surface area contributed by atoms with Crippen molar-refractivity contribution in [3.05, 3.63) is 44.8 Å². The number of rotatable bonds is 4. The molecule has 5 heterocycles. The molecule has 7 heteroatoms. The molecule has 5 nitrogen and oxygen atoms in total. The number of hydrogen-bond donors (Lipinski definition) is 1. The Balaban J connectivity index is 1.39. The number of esters is 1. The highest BCUT2D eigenvalue weighted by Gasteiger charge is 2.63. The van der Waals surface area contributed by atoms with E-state index in [2.05, 4.69) is 11.9 Å². The number of carbonyl (C=O) groups is 1. The molecule has 5 rings (SSSR count). The first kappa shape index (κ1) is 16.0. The summed E-state index contributed by atoms with van der Waals surface area (Å²) in [5.41, 5.74) is -1.72. The molecule has 3 aliphatic heterocycles. The van der Waals surface area contributed by atoms with Gasteiger partial charge in [-0.1, -0.05) is 12.1 Å². The maximum absolute atomic E-state index is 13.0. The van der Waals surface area contributed by atoms with Crippen molar-refractivity contribution in [2.24, 2.45) is 0 Å². The maximum atomic E-state index is 13.0. The average Bonchev–Trinajstić information content (AvgIpc) is 2.97. The zero-order chi connectivity index (χ0) is 17.2. The van der Waals surface area contributed by atoms with Gasteiger partial charge in [-0.3, -0.25) is 4.90 Å². The average molecular weight is 377 g/mol. The van der Waals surface area contributed by atoms with Gasteiger partial charge in [0.1, 0.15) is 18.3 Å². The molecule has 3 saturated heterocycles. The molecule has 0 amide bonds. The van der Waals surface area contributed by atoms with E-state index in [-0.39, 0.29) is 6.10 Å². The fraction of sp³-hybridized carbons (Fsp3) is 0.500. The van der Waals surface area contributed by atoms with Gasteiger partial charge in [0.2, 0.25) is 5.60 Å². The van der Waals surface area contributed by atoms with Gasteiger partial charge in [-0.25, -0.2) is 4.79 Å². The fourth-order valence-electron chi connectivity index (χ4n) is 4.32. The summed E-state index contributed by atoms with van der Waals surface area (Å²) in [5, 5.41) is 15.0. The van der Waals surface area contributed by atoms with Crippen LogP contribution in [-0.4, -0.2) is 53.4 Å². The number of hydrogen-bond acceptors (Lipinski definition) is 7. The quantitative estimate of drug-likeness (QED) is 0.654. The van der Waals surface area contributed by atoms with E-state index < -0.39 is 11.6 Å². The zero-order valence-corrected chi connectivity index (χ0v) is 15.3. The minimum Gasteiger partial charge on any atom is -0.460 e. The molecule has 25 heavy (non-hydrogen) atoms. The number of piperidine rings is 1. The summed E-state index contributed by atoms with van der Waals surface area (Å²) in [6, 6.07) is 7.88. The Morgan fingerprint density at radius 3 is 2.24 bits per heavy atom. The van der Waals surface area contributed by atoms with E-state index in [9.17, 15) is 9.90 Å². The van der Waals surface area contributed by atoms with Crippen molar-refractivity contribution in [2.45, 2.75) is 48.8 Å². The largest absolute Gasteiger partial charge is 0.460 e. The van der Waals surface area contributed by atoms with Gasteiger partial charge in [0.05, 0.1) is 9.75 Å². The topological polar surface area (TPSA) is 62.3 Å². The molecule has 0 radical (unpaired) electrons. The Bertz CT molecular complexity index is 723. The van der Waals surface area contributed by atoms with Crippen molar-refractivity contribution in [3.8, 4) is 0 Å². The molecule has 2 bridgehead atoms. The van der Waals surface area contributed by atoms with E-state index in [1.54, 1.807) is 12.1 Å². The molecule has 4 atom stereocenters. The van der Waals surface area contributed by atoms with Crippen LogP contribution in [0.1, 0.15) is 22.6 Å². The number of epoxide rings is 1. The highest BCUT2D eigenvalue weighted by Crippen LogP contribution is 2.48. The Hall–Kier alpha value is -1.25. The molecule has 132 valence electrons. The summed E-state index contributed by atoms with van der Waals surface area (Å²) in [4.78, 5) is 16.6. The van der Waals surface area contributed by atoms with Gasteiger partial charge in [-0.2, -0.15) is 0 Å². The smallest absolute Gasteiger partial charge is 0.349 e. The molecule has 2 aromatic heterocycles. The van der Waals surface area contributed by atoms with E-state index in [1.165, 1.54) is 22.7 Å². The number of likely N-dealkylation sites (N-methyl/N-ethyl adjacent to an activating group) is 1. The maximum Gasteiger partial charge on any atom is 0.349 e. The monoisotopic (exact) mass is 377 g/mol. The van der Waals surface area contributed by atoms with Crippen LogP contribution in [0.15, 0.2) is 35.0 Å². The second kappa shape index (κ2) is 5.62. The summed E-state index contributed by atoms with van der Waals surface area (Å²) >= 11 is 2.73. The second-order valence-electron chi connectivity index (χ2n) is 7.03. The van der Waals surface area contributed by atoms with Crippen LogP contribution in [0.25, 0.3) is 0 Å². The predicted molar refractivity (Wildman–Crippen MR) is 94.8 cm³/mol. The Morgan fingerprint density at radius 1 is 1.20 bits per heavy atom. The Labute approximate surface area is 153 Å². The lowest BCUT2D eigenvalue weighted by atomic mass is 9.97. The van der Waals surface area contributed by atoms with Crippen LogP contribution in [0.2, 0.25) is 0 Å². The third kappa shape index (κ3) is 2.34. The van der Waals surface area contributed by atoms with Crippen LogP contribution < -0.4 is 0 Å². The summed E-state index contributed by atoms with van der Waals surface area (Å²) in [5.74, 6) is -0.569. The van der Waals surface area contributed by atoms with Gasteiger partial charge in [-0.05, 0) is 29.9 Å². The van der Waals surface area contributed by atoms with Gasteiger partial charge in [0, 0.05) is 24.9 Å². The highest BCUT2D eigenvalue weighted by atomic mass is 32.1. The Morgan fingerprint density at radius 2 is 1.76 bits per heavy atom. The molecule has 2 aromatic rings. The van der Waals surface area contributed by atoms with E-state index in [0.717, 1.165) is 12.8 Å². The molecule has 0 unspecified atom stereocenters. The first-order valence-corrected chi connectivity index (χ1v) is 10.2. The van der Waals surface area contributed by atoms with Crippen molar-refractivity contribution >= 4 is 28.6 Å². The number of morpholine rings is 1. The summed E-state index contributed by atoms with van der Waals surface area (Å²) in [7, 11) is 2.12. The van der Waals surface area contributed by atoms with Crippen molar-refractivity contribution in [2.75, 3.05) is 7.05 Å². The van der Waals surface area contributed by atoms with Gasteiger partial charge in [-0.15, -0.1) is 22.7 Å². The first-order chi connectivity index (χ1) is 12.1. The number of thiophene rings is 2. The van der Waals surface area contributed by atoms with E-state index in [4.69, 9.17) is 9.47 Å². The predicted octanol–water partition coefficient (Wildman–Crippen LogP) is 2.20. The van der Waals surface area contributed by atoms with Crippen molar-refractivity contribution in [1.82, 2.24) is 4.90 Å². The van der Waals surface area contributed by atoms with Crippen LogP contribution in [0, 0.1) is 0 Å². The van der Waals surface area contributed by atoms with Crippen molar-refractivity contribution in [3.63, 3.8) is 0 Å². The molecule has 0 aliphatic carbocycles. The van der Waals surface area contributed by atoms with E-state index in [1.807, 2.05) is 22.9 Å². The first-order valence-electron chi connectivity index (χ1n) is 8.48. The number of carbonyl (C=O) groups excluding carboxylic acids is 1. The molecule has 0 saturated carbocycles. The number of aliphatic hydroxyl groups is 1. The van der Waals surface area contributed by atoms with Crippen LogP contribution in [-0.2, 0) is 19.9 Å². The third-order valence-electron chi connectivity index (χ3n) is 5.70. The lowest BCUT2D eigenvalue weighted by Gasteiger charge is -2.38. The van der Waals surface area contributed by atoms with Gasteiger partial charge < -0.3 is 14.6 Å². The van der Waals surface area contributed by atoms with Gasteiger partial charge >= 0.3 is 5.97 Å². The highest BCUT2D eigenvalue weighted by molar-refractivity contribution is 7.12. The van der Waals surface area contributed by atoms with E-state index in [0.29, 0.717) is 34.0 Å². The molecule has 3 aliphatic rings. The summed E-state index contributed by atoms with van der Waals surface area (Å²) in [6.07, 6.45) is 1.97. The molecule has 1 N–H and O–H groups in total. The number of ether oxygens (including phenoxy) is 2. The lowest BCUT2D eigenvalue weighted by molar-refractivity contribution is -0.171. The SMILES string of the molecule is CN1[C@H]2CC(OC(=O)C(O)(c3cccs3)c3cccs3)C[C@H]1[C@@H]1O[C@H]12. The van der Waals surface area contributed by atoms with Gasteiger partial charge in [0.25, 0.3) is 0 Å². The number of fused-ring (bicyclic) bond motifs is 5. The van der Waals surface area contributed by atoms with Crippen LogP contribution in [0.5, 0.6) is 0 Å². The Kier molecular flexibility index (Phi) is 3.59.